The van der Waals surface area contributed by atoms with Gasteiger partial charge >= 0.3 is 0 Å². The van der Waals surface area contributed by atoms with E-state index in [1.54, 1.807) is 12.3 Å². The second-order valence-electron chi connectivity index (χ2n) is 11.9. The van der Waals surface area contributed by atoms with E-state index in [1.807, 2.05) is 61.5 Å². The molecule has 4 aromatic rings. The summed E-state index contributed by atoms with van der Waals surface area (Å²) in [5.74, 6) is -1.18. The number of carbonyl (C=O) groups excluding carboxylic acids is 2. The number of amides is 1. The molecule has 1 fully saturated rings. The van der Waals surface area contributed by atoms with Gasteiger partial charge in [0.2, 0.25) is 0 Å². The van der Waals surface area contributed by atoms with Gasteiger partial charge in [-0.1, -0.05) is 57.2 Å². The zero-order chi connectivity index (χ0) is 28.4. The van der Waals surface area contributed by atoms with Gasteiger partial charge in [0, 0.05) is 55.9 Å². The van der Waals surface area contributed by atoms with Gasteiger partial charge in [-0.15, -0.1) is 0 Å². The summed E-state index contributed by atoms with van der Waals surface area (Å²) >= 11 is 0. The fraction of sp³-hybridized carbons (Fsp3) is 0.324. The molecule has 40 heavy (non-hydrogen) atoms. The molecule has 6 heteroatoms. The molecular formula is C34H38N4O2. The van der Waals surface area contributed by atoms with E-state index in [2.05, 4.69) is 54.0 Å². The molecular weight excluding hydrogens is 496 g/mol. The largest absolute Gasteiger partial charge is 0.319 e. The van der Waals surface area contributed by atoms with Crippen molar-refractivity contribution < 1.29 is 9.59 Å². The first kappa shape index (κ1) is 27.7. The summed E-state index contributed by atoms with van der Waals surface area (Å²) in [7, 11) is 2.15. The van der Waals surface area contributed by atoms with Gasteiger partial charge in [-0.25, -0.2) is 0 Å². The molecule has 206 valence electrons. The third-order valence-electron chi connectivity index (χ3n) is 7.70. The van der Waals surface area contributed by atoms with Crippen molar-refractivity contribution in [2.24, 2.45) is 0 Å². The van der Waals surface area contributed by atoms with Crippen LogP contribution in [0.4, 0.5) is 5.69 Å². The Labute approximate surface area is 237 Å². The summed E-state index contributed by atoms with van der Waals surface area (Å²) in [5, 5.41) is 4.62. The van der Waals surface area contributed by atoms with Crippen LogP contribution >= 0.6 is 0 Å². The smallest absolute Gasteiger partial charge is 0.296 e. The first-order valence-corrected chi connectivity index (χ1v) is 13.9. The van der Waals surface area contributed by atoms with Crippen molar-refractivity contribution in [1.29, 1.82) is 0 Å². The quantitative estimate of drug-likeness (QED) is 0.240. The number of rotatable bonds is 6. The van der Waals surface area contributed by atoms with Crippen LogP contribution in [0, 0.1) is 6.92 Å². The third kappa shape index (κ3) is 6.14. The third-order valence-corrected chi connectivity index (χ3v) is 7.70. The molecule has 0 bridgehead atoms. The number of nitrogens with one attached hydrogen (secondary N) is 1. The number of hydrogen-bond acceptors (Lipinski definition) is 5. The number of Topliss-reactive ketones (excluding diaryl/α,β-unsaturated/α-hetero) is 1. The number of aromatic nitrogens is 1. The molecule has 0 radical (unpaired) electrons. The Morgan fingerprint density at radius 3 is 2.33 bits per heavy atom. The van der Waals surface area contributed by atoms with E-state index >= 15 is 0 Å². The first-order chi connectivity index (χ1) is 19.1. The van der Waals surface area contributed by atoms with Crippen LogP contribution in [-0.2, 0) is 16.8 Å². The van der Waals surface area contributed by atoms with Crippen molar-refractivity contribution in [3.8, 4) is 11.1 Å². The van der Waals surface area contributed by atoms with Gasteiger partial charge in [0.25, 0.3) is 11.7 Å². The number of anilines is 1. The van der Waals surface area contributed by atoms with Gasteiger partial charge in [0.05, 0.1) is 0 Å². The fourth-order valence-electron chi connectivity index (χ4n) is 5.32. The lowest BCUT2D eigenvalue weighted by Gasteiger charge is -2.32. The highest BCUT2D eigenvalue weighted by Crippen LogP contribution is 2.32. The maximum Gasteiger partial charge on any atom is 0.296 e. The van der Waals surface area contributed by atoms with Crippen LogP contribution in [0.1, 0.15) is 48.0 Å². The summed E-state index contributed by atoms with van der Waals surface area (Å²) in [5.41, 5.74) is 6.18. The minimum absolute atomic E-state index is 0.0983. The van der Waals surface area contributed by atoms with Gasteiger partial charge in [0.1, 0.15) is 0 Å². The topological polar surface area (TPSA) is 65.5 Å². The Hall–Kier alpha value is -3.87. The first-order valence-electron chi connectivity index (χ1n) is 13.9. The lowest BCUT2D eigenvalue weighted by molar-refractivity contribution is -0.112. The fourth-order valence-corrected chi connectivity index (χ4v) is 5.32. The van der Waals surface area contributed by atoms with E-state index in [0.717, 1.165) is 71.4 Å². The molecule has 3 aromatic carbocycles. The average molecular weight is 535 g/mol. The molecule has 0 spiro atoms. The molecule has 5 rings (SSSR count). The number of fused-ring (bicyclic) bond motifs is 1. The molecule has 1 aliphatic rings. The molecule has 0 aliphatic carbocycles. The highest BCUT2D eigenvalue weighted by atomic mass is 16.2. The summed E-state index contributed by atoms with van der Waals surface area (Å²) in [6.45, 7) is 13.4. The number of pyridine rings is 1. The highest BCUT2D eigenvalue weighted by molar-refractivity contribution is 6.48. The van der Waals surface area contributed by atoms with Crippen LogP contribution in [0.15, 0.2) is 72.9 Å². The number of likely N-dealkylation sites (N-methyl/N-ethyl adjacent to an activating group) is 1. The van der Waals surface area contributed by atoms with Crippen molar-refractivity contribution in [2.75, 3.05) is 38.5 Å². The number of nitrogens with zero attached hydrogens (tertiary/aromatic N) is 3. The van der Waals surface area contributed by atoms with E-state index in [9.17, 15) is 9.59 Å². The summed E-state index contributed by atoms with van der Waals surface area (Å²) in [4.78, 5) is 36.0. The standard InChI is InChI=1S/C34H38N4O2/c1-23-18-25(12-13-35-23)28-10-11-31(30-9-7-6-8-29(28)30)32(39)33(40)36-27-20-24(19-26(21-27)34(2,3)4)22-38-16-14-37(5)15-17-38/h6-13,18-21H,14-17,22H2,1-5H3,(H,36,40). The molecule has 6 nitrogen and oxygen atoms in total. The van der Waals surface area contributed by atoms with Crippen molar-refractivity contribution in [2.45, 2.75) is 39.7 Å². The van der Waals surface area contributed by atoms with Crippen LogP contribution in [0.25, 0.3) is 21.9 Å². The molecule has 0 unspecified atom stereocenters. The minimum Gasteiger partial charge on any atom is -0.319 e. The van der Waals surface area contributed by atoms with Crippen LogP contribution in [0.5, 0.6) is 0 Å². The average Bonchev–Trinajstić information content (AvgIpc) is 2.92. The van der Waals surface area contributed by atoms with E-state index in [1.165, 1.54) is 0 Å². The Bertz CT molecular complexity index is 1560. The Balaban J connectivity index is 1.43. The number of ketones is 1. The summed E-state index contributed by atoms with van der Waals surface area (Å²) < 4.78 is 0. The van der Waals surface area contributed by atoms with Gasteiger partial charge < -0.3 is 10.2 Å². The Morgan fingerprint density at radius 2 is 1.62 bits per heavy atom. The maximum atomic E-state index is 13.5. The zero-order valence-electron chi connectivity index (χ0n) is 24.1. The second-order valence-corrected chi connectivity index (χ2v) is 11.9. The van der Waals surface area contributed by atoms with E-state index in [4.69, 9.17) is 0 Å². The van der Waals surface area contributed by atoms with E-state index in [-0.39, 0.29) is 5.41 Å². The number of hydrogen-bond donors (Lipinski definition) is 1. The summed E-state index contributed by atoms with van der Waals surface area (Å²) in [6, 6.07) is 21.6. The number of benzene rings is 3. The van der Waals surface area contributed by atoms with Crippen LogP contribution in [0.3, 0.4) is 0 Å². The molecule has 1 saturated heterocycles. The normalized spacial score (nSPS) is 14.8. The van der Waals surface area contributed by atoms with Gasteiger partial charge in [-0.2, -0.15) is 0 Å². The van der Waals surface area contributed by atoms with Crippen molar-refractivity contribution in [3.05, 3.63) is 95.3 Å². The maximum absolute atomic E-state index is 13.5. The predicted octanol–water partition coefficient (Wildman–Crippen LogP) is 6.08. The summed E-state index contributed by atoms with van der Waals surface area (Å²) in [6.07, 6.45) is 1.79. The molecule has 0 saturated carbocycles. The SMILES string of the molecule is Cc1cc(-c2ccc(C(=O)C(=O)Nc3cc(CN4CCN(C)CC4)cc(C(C)(C)C)c3)c3ccccc23)ccn1. The van der Waals surface area contributed by atoms with E-state index < -0.39 is 11.7 Å². The second kappa shape index (κ2) is 11.3. The number of aryl methyl sites for hydroxylation is 1. The Kier molecular flexibility index (Phi) is 7.83. The lowest BCUT2D eigenvalue weighted by Crippen LogP contribution is -2.43. The van der Waals surface area contributed by atoms with Crippen molar-refractivity contribution in [1.82, 2.24) is 14.8 Å². The lowest BCUT2D eigenvalue weighted by atomic mass is 9.85. The van der Waals surface area contributed by atoms with E-state index in [0.29, 0.717) is 11.3 Å². The molecule has 2 heterocycles. The molecule has 1 aromatic heterocycles. The monoisotopic (exact) mass is 534 g/mol. The van der Waals surface area contributed by atoms with Crippen LogP contribution in [-0.4, -0.2) is 59.7 Å². The van der Waals surface area contributed by atoms with Gasteiger partial charge in [-0.3, -0.25) is 19.5 Å². The molecule has 0 atom stereocenters. The van der Waals surface area contributed by atoms with Gasteiger partial charge in [0.15, 0.2) is 0 Å². The zero-order valence-corrected chi connectivity index (χ0v) is 24.1. The van der Waals surface area contributed by atoms with Crippen molar-refractivity contribution in [3.63, 3.8) is 0 Å². The minimum atomic E-state index is -0.630. The van der Waals surface area contributed by atoms with Crippen LogP contribution < -0.4 is 5.32 Å². The van der Waals surface area contributed by atoms with Crippen LogP contribution in [0.2, 0.25) is 0 Å². The number of piperazine rings is 1. The van der Waals surface area contributed by atoms with Gasteiger partial charge in [-0.05, 0) is 82.7 Å². The predicted molar refractivity (Wildman–Crippen MR) is 163 cm³/mol. The number of carbonyl (C=O) groups is 2. The molecule has 1 amide bonds. The Morgan fingerprint density at radius 1 is 0.900 bits per heavy atom. The molecule has 1 aliphatic heterocycles. The highest BCUT2D eigenvalue weighted by Gasteiger charge is 2.23. The van der Waals surface area contributed by atoms with Crippen molar-refractivity contribution >= 4 is 28.2 Å². The molecule has 1 N–H and O–H groups in total.